The van der Waals surface area contributed by atoms with Crippen LogP contribution in [0.2, 0.25) is 0 Å². The average molecular weight is 335 g/mol. The zero-order valence-corrected chi connectivity index (χ0v) is 14.8. The summed E-state index contributed by atoms with van der Waals surface area (Å²) < 4.78 is 10.7. The third-order valence-electron chi connectivity index (χ3n) is 5.24. The predicted octanol–water partition coefficient (Wildman–Crippen LogP) is 2.26. The molecule has 6 heteroatoms. The summed E-state index contributed by atoms with van der Waals surface area (Å²) in [5.74, 6) is 1.96. The van der Waals surface area contributed by atoms with Gasteiger partial charge in [-0.25, -0.2) is 9.97 Å². The van der Waals surface area contributed by atoms with Gasteiger partial charge in [-0.1, -0.05) is 12.8 Å². The van der Waals surface area contributed by atoms with Crippen molar-refractivity contribution < 1.29 is 14.6 Å². The second-order valence-electron chi connectivity index (χ2n) is 7.16. The molecule has 0 amide bonds. The summed E-state index contributed by atoms with van der Waals surface area (Å²) in [7, 11) is 3.69. The lowest BCUT2D eigenvalue weighted by atomic mass is 9.98. The maximum absolute atomic E-state index is 10.6. The molecule has 0 aromatic carbocycles. The maximum atomic E-state index is 10.6. The van der Waals surface area contributed by atoms with Crippen LogP contribution < -0.4 is 4.90 Å². The first kappa shape index (κ1) is 17.6. The number of hydrogen-bond acceptors (Lipinski definition) is 6. The third kappa shape index (κ3) is 4.23. The Morgan fingerprint density at radius 3 is 2.83 bits per heavy atom. The fourth-order valence-corrected chi connectivity index (χ4v) is 3.64. The van der Waals surface area contributed by atoms with Gasteiger partial charge in [0.2, 0.25) is 0 Å². The van der Waals surface area contributed by atoms with Crippen molar-refractivity contribution in [2.75, 3.05) is 38.8 Å². The Morgan fingerprint density at radius 2 is 2.17 bits per heavy atom. The van der Waals surface area contributed by atoms with Gasteiger partial charge in [0, 0.05) is 39.3 Å². The highest BCUT2D eigenvalue weighted by Gasteiger charge is 2.31. The topological polar surface area (TPSA) is 67.7 Å². The number of rotatable bonds is 7. The highest BCUT2D eigenvalue weighted by Crippen LogP contribution is 2.33. The Bertz CT molecular complexity index is 540. The molecule has 1 saturated carbocycles. The molecular weight excluding hydrogens is 306 g/mol. The Kier molecular flexibility index (Phi) is 5.69. The maximum Gasteiger partial charge on any atom is 0.156 e. The van der Waals surface area contributed by atoms with Crippen LogP contribution in [0.15, 0.2) is 6.07 Å². The lowest BCUT2D eigenvalue weighted by Gasteiger charge is -2.27. The minimum atomic E-state index is -0.487. The van der Waals surface area contributed by atoms with E-state index in [0.717, 1.165) is 69.8 Å². The fraction of sp³-hybridized carbons (Fsp3) is 0.778. The first-order chi connectivity index (χ1) is 11.6. The molecule has 0 spiro atoms. The molecule has 2 fully saturated rings. The average Bonchev–Trinajstić information content (AvgIpc) is 3.25. The van der Waals surface area contributed by atoms with Crippen LogP contribution in [0.5, 0.6) is 0 Å². The smallest absolute Gasteiger partial charge is 0.156 e. The molecule has 1 aliphatic heterocycles. The van der Waals surface area contributed by atoms with Crippen molar-refractivity contribution in [2.45, 2.75) is 56.7 Å². The lowest BCUT2D eigenvalue weighted by Crippen LogP contribution is -2.31. The summed E-state index contributed by atoms with van der Waals surface area (Å²) in [6.45, 7) is 2.73. The number of aromatic nitrogens is 2. The molecular formula is C18H29N3O3. The van der Waals surface area contributed by atoms with Crippen molar-refractivity contribution in [1.29, 1.82) is 0 Å². The van der Waals surface area contributed by atoms with Gasteiger partial charge in [-0.2, -0.15) is 0 Å². The molecule has 0 radical (unpaired) electrons. The zero-order valence-electron chi connectivity index (χ0n) is 14.8. The summed E-state index contributed by atoms with van der Waals surface area (Å²) in [4.78, 5) is 11.4. The number of aliphatic hydroxyl groups is 1. The number of nitrogens with zero attached hydrogens (tertiary/aromatic N) is 3. The summed E-state index contributed by atoms with van der Waals surface area (Å²) in [6, 6.07) is 2.07. The summed E-state index contributed by atoms with van der Waals surface area (Å²) >= 11 is 0. The van der Waals surface area contributed by atoms with Crippen molar-refractivity contribution in [2.24, 2.45) is 0 Å². The second kappa shape index (κ2) is 7.76. The summed E-state index contributed by atoms with van der Waals surface area (Å²) in [5.41, 5.74) is 0.551. The molecule has 1 N–H and O–H groups in total. The van der Waals surface area contributed by atoms with Crippen LogP contribution in [0, 0.1) is 0 Å². The molecule has 24 heavy (non-hydrogen) atoms. The largest absolute Gasteiger partial charge is 0.390 e. The van der Waals surface area contributed by atoms with Crippen LogP contribution in [0.4, 0.5) is 5.82 Å². The van der Waals surface area contributed by atoms with E-state index >= 15 is 0 Å². The van der Waals surface area contributed by atoms with E-state index in [1.165, 1.54) is 0 Å². The molecule has 1 atom stereocenters. The minimum Gasteiger partial charge on any atom is -0.390 e. The van der Waals surface area contributed by atoms with Crippen LogP contribution in [-0.4, -0.2) is 54.6 Å². The van der Waals surface area contributed by atoms with Gasteiger partial charge in [0.25, 0.3) is 0 Å². The van der Waals surface area contributed by atoms with Gasteiger partial charge in [0.15, 0.2) is 5.82 Å². The number of ether oxygens (including phenoxy) is 2. The summed E-state index contributed by atoms with van der Waals surface area (Å²) in [6.07, 6.45) is 5.91. The van der Waals surface area contributed by atoms with Gasteiger partial charge in [-0.15, -0.1) is 0 Å². The normalized spacial score (nSPS) is 22.9. The Balaban J connectivity index is 1.72. The highest BCUT2D eigenvalue weighted by atomic mass is 16.5. The zero-order chi connectivity index (χ0) is 17.0. The monoisotopic (exact) mass is 335 g/mol. The van der Waals surface area contributed by atoms with Crippen LogP contribution >= 0.6 is 0 Å². The Morgan fingerprint density at radius 1 is 1.38 bits per heavy atom. The third-order valence-corrected chi connectivity index (χ3v) is 5.24. The van der Waals surface area contributed by atoms with Crippen molar-refractivity contribution in [1.82, 2.24) is 9.97 Å². The van der Waals surface area contributed by atoms with E-state index in [0.29, 0.717) is 18.3 Å². The first-order valence-electron chi connectivity index (χ1n) is 8.98. The van der Waals surface area contributed by atoms with E-state index in [4.69, 9.17) is 9.47 Å². The van der Waals surface area contributed by atoms with Gasteiger partial charge >= 0.3 is 0 Å². The van der Waals surface area contributed by atoms with Gasteiger partial charge in [0.1, 0.15) is 12.4 Å². The Hall–Kier alpha value is -1.24. The molecule has 6 nitrogen and oxygen atoms in total. The number of hydrogen-bond donors (Lipinski definition) is 1. The van der Waals surface area contributed by atoms with Crippen molar-refractivity contribution >= 4 is 5.82 Å². The molecule has 1 saturated heterocycles. The predicted molar refractivity (Wildman–Crippen MR) is 92.2 cm³/mol. The van der Waals surface area contributed by atoms with Gasteiger partial charge in [-0.3, -0.25) is 0 Å². The molecule has 0 unspecified atom stereocenters. The molecule has 1 aliphatic carbocycles. The highest BCUT2D eigenvalue weighted by molar-refractivity contribution is 5.40. The number of methoxy groups -OCH3 is 1. The molecule has 1 aromatic rings. The van der Waals surface area contributed by atoms with E-state index in [1.54, 1.807) is 7.11 Å². The Labute approximate surface area is 144 Å². The fourth-order valence-electron chi connectivity index (χ4n) is 3.64. The molecule has 3 rings (SSSR count). The van der Waals surface area contributed by atoms with Crippen molar-refractivity contribution in [3.63, 3.8) is 0 Å². The standard InChI is InChI=1S/C18H29N3O3/c1-21(9-8-18(22)6-3-4-7-18)17-11-15(14-5-10-24-12-14)19-16(20-17)13-23-2/h11,14,22H,3-10,12-13H2,1-2H3/t14-/m0/s1. The van der Waals surface area contributed by atoms with E-state index in [2.05, 4.69) is 20.9 Å². The summed E-state index contributed by atoms with van der Waals surface area (Å²) in [5, 5.41) is 10.6. The molecule has 134 valence electrons. The van der Waals surface area contributed by atoms with E-state index in [1.807, 2.05) is 7.05 Å². The molecule has 1 aromatic heterocycles. The van der Waals surface area contributed by atoms with Gasteiger partial charge < -0.3 is 19.5 Å². The van der Waals surface area contributed by atoms with E-state index in [9.17, 15) is 5.11 Å². The van der Waals surface area contributed by atoms with E-state index < -0.39 is 5.60 Å². The van der Waals surface area contributed by atoms with Crippen molar-refractivity contribution in [3.8, 4) is 0 Å². The van der Waals surface area contributed by atoms with Crippen LogP contribution in [0.1, 0.15) is 56.0 Å². The molecule has 2 aliphatic rings. The lowest BCUT2D eigenvalue weighted by molar-refractivity contribution is 0.0410. The van der Waals surface area contributed by atoms with Gasteiger partial charge in [-0.05, 0) is 25.7 Å². The van der Waals surface area contributed by atoms with Crippen LogP contribution in [-0.2, 0) is 16.1 Å². The van der Waals surface area contributed by atoms with Crippen molar-refractivity contribution in [3.05, 3.63) is 17.6 Å². The van der Waals surface area contributed by atoms with Gasteiger partial charge in [0.05, 0.1) is 17.9 Å². The molecule has 2 heterocycles. The van der Waals surface area contributed by atoms with E-state index in [-0.39, 0.29) is 0 Å². The quantitative estimate of drug-likeness (QED) is 0.824. The minimum absolute atomic E-state index is 0.342. The molecule has 0 bridgehead atoms. The van der Waals surface area contributed by atoms with Crippen LogP contribution in [0.3, 0.4) is 0 Å². The van der Waals surface area contributed by atoms with Crippen LogP contribution in [0.25, 0.3) is 0 Å². The second-order valence-corrected chi connectivity index (χ2v) is 7.16. The first-order valence-corrected chi connectivity index (χ1v) is 8.98. The SMILES string of the molecule is COCc1nc([C@H]2CCOC2)cc(N(C)CCC2(O)CCCC2)n1. The number of anilines is 1.